The van der Waals surface area contributed by atoms with Crippen LogP contribution in [-0.4, -0.2) is 24.0 Å². The molecule has 1 rings (SSSR count). The average Bonchev–Trinajstić information content (AvgIpc) is 2.56. The molecule has 0 radical (unpaired) electrons. The molecule has 3 unspecified atom stereocenters. The molecule has 0 saturated carbocycles. The summed E-state index contributed by atoms with van der Waals surface area (Å²) in [6.45, 7) is 6.70. The minimum Gasteiger partial charge on any atom is -0.294 e. The lowest BCUT2D eigenvalue weighted by atomic mass is 10.1. The van der Waals surface area contributed by atoms with E-state index in [1.165, 1.54) is 12.8 Å². The topological polar surface area (TPSA) is 3.01 Å². The van der Waals surface area contributed by atoms with E-state index >= 15 is 0 Å². The Morgan fingerprint density at radius 2 is 2.09 bits per heavy atom. The normalized spacial score (nSPS) is 37.5. The third kappa shape index (κ3) is 1.64. The zero-order valence-electron chi connectivity index (χ0n) is 8.09. The fraction of sp³-hybridized carbons (Fsp3) is 0.800. The Bertz CT molecular complexity index is 152. The molecule has 0 bridgehead atoms. The standard InChI is InChI=1S/C10H19N/c1-5-7-9(6-2)10-8(3)11(10)4/h6,8,10H,5,7H2,1-4H3/b9-6-. The second-order valence-corrected chi connectivity index (χ2v) is 3.46. The Morgan fingerprint density at radius 1 is 1.55 bits per heavy atom. The van der Waals surface area contributed by atoms with E-state index in [-0.39, 0.29) is 0 Å². The molecule has 1 fully saturated rings. The summed E-state index contributed by atoms with van der Waals surface area (Å²) in [5.41, 5.74) is 1.63. The summed E-state index contributed by atoms with van der Waals surface area (Å²) in [6.07, 6.45) is 4.83. The fourth-order valence-corrected chi connectivity index (χ4v) is 1.82. The molecule has 0 aromatic heterocycles. The third-order valence-electron chi connectivity index (χ3n) is 2.74. The van der Waals surface area contributed by atoms with Gasteiger partial charge in [-0.1, -0.05) is 25.0 Å². The molecule has 1 heteroatoms. The molecule has 3 atom stereocenters. The Labute approximate surface area is 70.1 Å². The molecule has 1 aliphatic rings. The summed E-state index contributed by atoms with van der Waals surface area (Å²) in [5, 5.41) is 0. The van der Waals surface area contributed by atoms with Gasteiger partial charge in [0.05, 0.1) is 0 Å². The van der Waals surface area contributed by atoms with E-state index in [0.29, 0.717) is 0 Å². The summed E-state index contributed by atoms with van der Waals surface area (Å²) in [5.74, 6) is 0. The summed E-state index contributed by atoms with van der Waals surface area (Å²) in [4.78, 5) is 2.42. The maximum atomic E-state index is 2.42. The van der Waals surface area contributed by atoms with Gasteiger partial charge < -0.3 is 0 Å². The van der Waals surface area contributed by atoms with Gasteiger partial charge in [0.15, 0.2) is 0 Å². The van der Waals surface area contributed by atoms with Crippen molar-refractivity contribution in [2.24, 2.45) is 0 Å². The van der Waals surface area contributed by atoms with Crippen molar-refractivity contribution in [2.45, 2.75) is 45.7 Å². The maximum Gasteiger partial charge on any atom is 0.0461 e. The SMILES string of the molecule is C/C=C(/CCC)C1C(C)N1C. The van der Waals surface area contributed by atoms with Crippen LogP contribution in [0.2, 0.25) is 0 Å². The van der Waals surface area contributed by atoms with Crippen molar-refractivity contribution >= 4 is 0 Å². The number of hydrogen-bond acceptors (Lipinski definition) is 1. The number of hydrogen-bond donors (Lipinski definition) is 0. The molecule has 1 nitrogen and oxygen atoms in total. The van der Waals surface area contributed by atoms with Crippen molar-refractivity contribution in [3.63, 3.8) is 0 Å². The highest BCUT2D eigenvalue weighted by molar-refractivity contribution is 5.21. The number of rotatable bonds is 3. The van der Waals surface area contributed by atoms with Crippen LogP contribution >= 0.6 is 0 Å². The lowest BCUT2D eigenvalue weighted by molar-refractivity contribution is 0.604. The minimum absolute atomic E-state index is 0.764. The van der Waals surface area contributed by atoms with E-state index in [9.17, 15) is 0 Å². The molecule has 1 saturated heterocycles. The van der Waals surface area contributed by atoms with Crippen molar-refractivity contribution < 1.29 is 0 Å². The van der Waals surface area contributed by atoms with Gasteiger partial charge in [0, 0.05) is 12.1 Å². The van der Waals surface area contributed by atoms with Crippen LogP contribution in [0.25, 0.3) is 0 Å². The summed E-state index contributed by atoms with van der Waals surface area (Å²) in [6, 6.07) is 1.55. The molecule has 0 aliphatic carbocycles. The zero-order valence-corrected chi connectivity index (χ0v) is 8.09. The average molecular weight is 153 g/mol. The van der Waals surface area contributed by atoms with Crippen LogP contribution in [0.1, 0.15) is 33.6 Å². The highest BCUT2D eigenvalue weighted by Gasteiger charge is 2.41. The molecule has 1 heterocycles. The van der Waals surface area contributed by atoms with Crippen molar-refractivity contribution in [3.05, 3.63) is 11.6 Å². The van der Waals surface area contributed by atoms with Gasteiger partial charge in [-0.2, -0.15) is 0 Å². The lowest BCUT2D eigenvalue weighted by Crippen LogP contribution is -1.98. The van der Waals surface area contributed by atoms with Gasteiger partial charge in [0.1, 0.15) is 0 Å². The van der Waals surface area contributed by atoms with Gasteiger partial charge in [0.25, 0.3) is 0 Å². The quantitative estimate of drug-likeness (QED) is 0.444. The Balaban J connectivity index is 2.46. The third-order valence-corrected chi connectivity index (χ3v) is 2.74. The second-order valence-electron chi connectivity index (χ2n) is 3.46. The van der Waals surface area contributed by atoms with E-state index < -0.39 is 0 Å². The van der Waals surface area contributed by atoms with Gasteiger partial charge in [-0.15, -0.1) is 0 Å². The number of nitrogens with zero attached hydrogens (tertiary/aromatic N) is 1. The van der Waals surface area contributed by atoms with Crippen LogP contribution in [0.3, 0.4) is 0 Å². The largest absolute Gasteiger partial charge is 0.294 e. The van der Waals surface area contributed by atoms with Crippen LogP contribution in [0.5, 0.6) is 0 Å². The number of likely N-dealkylation sites (N-methyl/N-ethyl adjacent to an activating group) is 1. The summed E-state index contributed by atoms with van der Waals surface area (Å²) < 4.78 is 0. The molecular formula is C10H19N. The predicted octanol–water partition coefficient (Wildman–Crippen LogP) is 2.44. The highest BCUT2D eigenvalue weighted by Crippen LogP contribution is 2.33. The Morgan fingerprint density at radius 3 is 2.36 bits per heavy atom. The first-order chi connectivity index (χ1) is 5.22. The van der Waals surface area contributed by atoms with Crippen molar-refractivity contribution in [1.82, 2.24) is 4.90 Å². The molecule has 0 amide bonds. The smallest absolute Gasteiger partial charge is 0.0461 e. The maximum absolute atomic E-state index is 2.42. The van der Waals surface area contributed by atoms with Crippen molar-refractivity contribution in [1.29, 1.82) is 0 Å². The molecule has 64 valence electrons. The van der Waals surface area contributed by atoms with E-state index in [2.05, 4.69) is 38.8 Å². The molecular weight excluding hydrogens is 134 g/mol. The lowest BCUT2D eigenvalue weighted by Gasteiger charge is -2.01. The van der Waals surface area contributed by atoms with Crippen LogP contribution in [0.15, 0.2) is 11.6 Å². The molecule has 0 aromatic rings. The van der Waals surface area contributed by atoms with Crippen molar-refractivity contribution in [2.75, 3.05) is 7.05 Å². The summed E-state index contributed by atoms with van der Waals surface area (Å²) in [7, 11) is 2.20. The minimum atomic E-state index is 0.764. The van der Waals surface area contributed by atoms with E-state index in [1.807, 2.05) is 0 Å². The first-order valence-electron chi connectivity index (χ1n) is 4.59. The first kappa shape index (κ1) is 8.79. The van der Waals surface area contributed by atoms with Gasteiger partial charge in [-0.3, -0.25) is 4.90 Å². The van der Waals surface area contributed by atoms with E-state index in [0.717, 1.165) is 12.1 Å². The fourth-order valence-electron chi connectivity index (χ4n) is 1.82. The summed E-state index contributed by atoms with van der Waals surface area (Å²) >= 11 is 0. The molecule has 0 spiro atoms. The van der Waals surface area contributed by atoms with Gasteiger partial charge in [-0.25, -0.2) is 0 Å². The van der Waals surface area contributed by atoms with E-state index in [1.54, 1.807) is 5.57 Å². The van der Waals surface area contributed by atoms with Gasteiger partial charge >= 0.3 is 0 Å². The molecule has 1 aliphatic heterocycles. The molecule has 11 heavy (non-hydrogen) atoms. The monoisotopic (exact) mass is 153 g/mol. The number of allylic oxidation sites excluding steroid dienone is 1. The van der Waals surface area contributed by atoms with Gasteiger partial charge in [0.2, 0.25) is 0 Å². The zero-order chi connectivity index (χ0) is 8.43. The van der Waals surface area contributed by atoms with Gasteiger partial charge in [-0.05, 0) is 27.3 Å². The first-order valence-corrected chi connectivity index (χ1v) is 4.59. The Kier molecular flexibility index (Phi) is 2.72. The van der Waals surface area contributed by atoms with Crippen LogP contribution in [-0.2, 0) is 0 Å². The second kappa shape index (κ2) is 3.40. The molecule has 0 N–H and O–H groups in total. The van der Waals surface area contributed by atoms with Crippen LogP contribution in [0, 0.1) is 0 Å². The predicted molar refractivity (Wildman–Crippen MR) is 49.7 cm³/mol. The van der Waals surface area contributed by atoms with Crippen LogP contribution < -0.4 is 0 Å². The van der Waals surface area contributed by atoms with Crippen LogP contribution in [0.4, 0.5) is 0 Å². The molecule has 0 aromatic carbocycles. The Hall–Kier alpha value is -0.300. The highest BCUT2D eigenvalue weighted by atomic mass is 15.3. The van der Waals surface area contributed by atoms with E-state index in [4.69, 9.17) is 0 Å². The van der Waals surface area contributed by atoms with Crippen molar-refractivity contribution in [3.8, 4) is 0 Å².